The standard InChI is InChI=1S/C28H37N7O5S/c1-15-29-25(23(40-3)26(30-15)35-8-10-41(37,38)11-9-35)32-24-18-6-4-16(12-22(18)33-34-24)20-14-28(20)19-13-17(39-2)5-7-21(19)31-27(28)36/h5,7,13,16,18,20,22,24,33-34H,4,6,8-12,14H2,1-3H3,(H,31,36)(H,29,30,32)/t16?,18?,20-,22?,24?,28-/m0/s1. The Kier molecular flexibility index (Phi) is 6.32. The maximum atomic E-state index is 13.2. The fourth-order valence-electron chi connectivity index (χ4n) is 7.64. The molecule has 0 bridgehead atoms. The summed E-state index contributed by atoms with van der Waals surface area (Å²) in [6.07, 6.45) is 3.87. The molecule has 3 aliphatic heterocycles. The number of anilines is 3. The highest BCUT2D eigenvalue weighted by Crippen LogP contribution is 2.65. The van der Waals surface area contributed by atoms with E-state index in [4.69, 9.17) is 9.47 Å². The number of benzene rings is 1. The van der Waals surface area contributed by atoms with Crippen LogP contribution < -0.4 is 35.9 Å². The number of sulfone groups is 1. The van der Waals surface area contributed by atoms with Gasteiger partial charge in [0.25, 0.3) is 0 Å². The van der Waals surface area contributed by atoms with Crippen molar-refractivity contribution in [2.45, 2.75) is 50.2 Å². The lowest BCUT2D eigenvalue weighted by Crippen LogP contribution is -2.41. The van der Waals surface area contributed by atoms with Crippen molar-refractivity contribution in [3.63, 3.8) is 0 Å². The zero-order valence-corrected chi connectivity index (χ0v) is 24.4. The minimum atomic E-state index is -3.02. The molecule has 2 saturated heterocycles. The van der Waals surface area contributed by atoms with Crippen LogP contribution in [0.1, 0.15) is 37.1 Å². The Hall–Kier alpha value is -3.16. The second-order valence-corrected chi connectivity index (χ2v) is 14.3. The van der Waals surface area contributed by atoms with Gasteiger partial charge in [0.2, 0.25) is 11.7 Å². The summed E-state index contributed by atoms with van der Waals surface area (Å²) in [7, 11) is 0.235. The van der Waals surface area contributed by atoms with Crippen LogP contribution >= 0.6 is 0 Å². The molecule has 4 unspecified atom stereocenters. The van der Waals surface area contributed by atoms with Gasteiger partial charge in [-0.1, -0.05) is 0 Å². The molecule has 2 aliphatic carbocycles. The van der Waals surface area contributed by atoms with Crippen LogP contribution in [0.3, 0.4) is 0 Å². The second-order valence-electron chi connectivity index (χ2n) is 12.0. The number of hydrogen-bond donors (Lipinski definition) is 4. The van der Waals surface area contributed by atoms with Crippen LogP contribution in [0.25, 0.3) is 0 Å². The molecule has 6 atom stereocenters. The summed E-state index contributed by atoms with van der Waals surface area (Å²) in [4.78, 5) is 24.4. The van der Waals surface area contributed by atoms with Gasteiger partial charge in [0, 0.05) is 30.7 Å². The van der Waals surface area contributed by atoms with Crippen LogP contribution in [0.5, 0.6) is 11.5 Å². The molecule has 2 saturated carbocycles. The predicted molar refractivity (Wildman–Crippen MR) is 154 cm³/mol. The Balaban J connectivity index is 1.05. The van der Waals surface area contributed by atoms with Gasteiger partial charge in [-0.25, -0.2) is 23.8 Å². The average Bonchev–Trinajstić information content (AvgIpc) is 3.51. The van der Waals surface area contributed by atoms with Gasteiger partial charge in [-0.2, -0.15) is 0 Å². The van der Waals surface area contributed by atoms with Gasteiger partial charge in [-0.05, 0) is 68.2 Å². The third kappa shape index (κ3) is 4.40. The molecular formula is C28H37N7O5S. The van der Waals surface area contributed by atoms with Crippen molar-refractivity contribution in [3.8, 4) is 11.5 Å². The summed E-state index contributed by atoms with van der Waals surface area (Å²) >= 11 is 0. The number of amides is 1. The molecule has 13 heteroatoms. The summed E-state index contributed by atoms with van der Waals surface area (Å²) in [6, 6.07) is 6.14. The molecule has 5 aliphatic rings. The Labute approximate surface area is 239 Å². The minimum absolute atomic E-state index is 0.0633. The van der Waals surface area contributed by atoms with Crippen molar-refractivity contribution in [1.82, 2.24) is 20.8 Å². The molecule has 1 spiro atoms. The Morgan fingerprint density at radius 2 is 1.90 bits per heavy atom. The lowest BCUT2D eigenvalue weighted by atomic mass is 9.74. The highest BCUT2D eigenvalue weighted by molar-refractivity contribution is 7.91. The topological polar surface area (TPSA) is 147 Å². The van der Waals surface area contributed by atoms with Gasteiger partial charge in [-0.15, -0.1) is 0 Å². The molecule has 4 fully saturated rings. The lowest BCUT2D eigenvalue weighted by Gasteiger charge is -2.34. The largest absolute Gasteiger partial charge is 0.497 e. The van der Waals surface area contributed by atoms with E-state index in [1.54, 1.807) is 14.2 Å². The van der Waals surface area contributed by atoms with Crippen molar-refractivity contribution >= 4 is 33.1 Å². The summed E-state index contributed by atoms with van der Waals surface area (Å²) in [5, 5.41) is 6.67. The Morgan fingerprint density at radius 3 is 2.66 bits per heavy atom. The third-order valence-corrected chi connectivity index (χ3v) is 11.5. The fourth-order valence-corrected chi connectivity index (χ4v) is 8.84. The molecule has 220 valence electrons. The number of carbonyl (C=O) groups is 1. The second kappa shape index (κ2) is 9.70. The quantitative estimate of drug-likeness (QED) is 0.393. The summed E-state index contributed by atoms with van der Waals surface area (Å²) in [5.74, 6) is 4.55. The molecule has 12 nitrogen and oxygen atoms in total. The van der Waals surface area contributed by atoms with Gasteiger partial charge in [0.1, 0.15) is 11.6 Å². The molecule has 0 radical (unpaired) electrons. The van der Waals surface area contributed by atoms with E-state index in [2.05, 4.69) is 31.5 Å². The number of nitrogens with zero attached hydrogens (tertiary/aromatic N) is 3. The first-order valence-corrected chi connectivity index (χ1v) is 16.2. The van der Waals surface area contributed by atoms with Crippen molar-refractivity contribution in [2.24, 2.45) is 17.8 Å². The monoisotopic (exact) mass is 583 g/mol. The maximum absolute atomic E-state index is 13.2. The summed E-state index contributed by atoms with van der Waals surface area (Å²) in [6.45, 7) is 2.59. The number of hydrogen-bond acceptors (Lipinski definition) is 11. The smallest absolute Gasteiger partial charge is 0.235 e. The molecule has 4 heterocycles. The Bertz CT molecular complexity index is 1490. The zero-order chi connectivity index (χ0) is 28.5. The number of carbonyl (C=O) groups excluding carboxylic acids is 1. The summed E-state index contributed by atoms with van der Waals surface area (Å²) in [5.41, 5.74) is 8.52. The van der Waals surface area contributed by atoms with E-state index in [0.717, 1.165) is 42.7 Å². The number of fused-ring (bicyclic) bond motifs is 3. The number of methoxy groups -OCH3 is 2. The first-order chi connectivity index (χ1) is 19.7. The van der Waals surface area contributed by atoms with Crippen LogP contribution in [0.15, 0.2) is 18.2 Å². The Morgan fingerprint density at radius 1 is 1.10 bits per heavy atom. The molecule has 7 rings (SSSR count). The molecule has 41 heavy (non-hydrogen) atoms. The minimum Gasteiger partial charge on any atom is -0.497 e. The van der Waals surface area contributed by atoms with E-state index in [1.807, 2.05) is 30.0 Å². The van der Waals surface area contributed by atoms with Crippen molar-refractivity contribution < 1.29 is 22.7 Å². The molecule has 4 N–H and O–H groups in total. The highest BCUT2D eigenvalue weighted by Gasteiger charge is 2.67. The number of aromatic nitrogens is 2. The van der Waals surface area contributed by atoms with E-state index >= 15 is 0 Å². The van der Waals surface area contributed by atoms with Gasteiger partial charge in [0.05, 0.1) is 37.3 Å². The van der Waals surface area contributed by atoms with E-state index < -0.39 is 15.3 Å². The molecular weight excluding hydrogens is 546 g/mol. The molecule has 1 aromatic carbocycles. The lowest BCUT2D eigenvalue weighted by molar-refractivity contribution is -0.118. The molecule has 2 aromatic rings. The number of hydrazine groups is 1. The van der Waals surface area contributed by atoms with Gasteiger partial charge in [0.15, 0.2) is 21.5 Å². The summed E-state index contributed by atoms with van der Waals surface area (Å²) < 4.78 is 35.2. The number of ether oxygens (including phenoxy) is 2. The van der Waals surface area contributed by atoms with Crippen LogP contribution in [-0.2, 0) is 20.0 Å². The SMILES string of the molecule is COc1ccc2c(c1)[C@]1(C[C@H]1C1CCC3C(C1)NNC3Nc1nc(C)nc(N3CCS(=O)(=O)CC3)c1OC)C(=O)N2. The van der Waals surface area contributed by atoms with Crippen molar-refractivity contribution in [3.05, 3.63) is 29.6 Å². The van der Waals surface area contributed by atoms with Gasteiger partial charge < -0.3 is 25.0 Å². The van der Waals surface area contributed by atoms with Gasteiger partial charge in [-0.3, -0.25) is 10.2 Å². The number of aryl methyl sites for hydroxylation is 1. The van der Waals surface area contributed by atoms with Gasteiger partial charge >= 0.3 is 0 Å². The van der Waals surface area contributed by atoms with E-state index in [-0.39, 0.29) is 29.6 Å². The third-order valence-electron chi connectivity index (χ3n) is 9.84. The predicted octanol–water partition coefficient (Wildman–Crippen LogP) is 1.58. The number of nitrogens with one attached hydrogen (secondary N) is 4. The van der Waals surface area contributed by atoms with Crippen LogP contribution in [0, 0.1) is 24.7 Å². The van der Waals surface area contributed by atoms with Crippen LogP contribution in [-0.4, -0.2) is 75.3 Å². The highest BCUT2D eigenvalue weighted by atomic mass is 32.2. The zero-order valence-electron chi connectivity index (χ0n) is 23.6. The maximum Gasteiger partial charge on any atom is 0.235 e. The van der Waals surface area contributed by atoms with Crippen molar-refractivity contribution in [2.75, 3.05) is 54.3 Å². The van der Waals surface area contributed by atoms with E-state index in [1.165, 1.54) is 0 Å². The van der Waals surface area contributed by atoms with Crippen LogP contribution in [0.2, 0.25) is 0 Å². The molecule has 1 aromatic heterocycles. The average molecular weight is 584 g/mol. The molecule has 1 amide bonds. The van der Waals surface area contributed by atoms with Crippen LogP contribution in [0.4, 0.5) is 17.3 Å². The fraction of sp³-hybridized carbons (Fsp3) is 0.607. The number of rotatable bonds is 6. The normalized spacial score (nSPS) is 33.2. The van der Waals surface area contributed by atoms with E-state index in [0.29, 0.717) is 54.1 Å². The first kappa shape index (κ1) is 26.7. The van der Waals surface area contributed by atoms with E-state index in [9.17, 15) is 13.2 Å². The first-order valence-electron chi connectivity index (χ1n) is 14.4. The van der Waals surface area contributed by atoms with Crippen molar-refractivity contribution in [1.29, 1.82) is 0 Å².